The molecule has 2 rings (SSSR count). The molecule has 0 aliphatic heterocycles. The molecule has 0 bridgehead atoms. The Kier molecular flexibility index (Phi) is 6.90. The maximum Gasteiger partial charge on any atom is 0.258 e. The van der Waals surface area contributed by atoms with E-state index < -0.39 is 8.32 Å². The Balaban J connectivity index is 2.22. The highest BCUT2D eigenvalue weighted by Crippen LogP contribution is 2.43. The third-order valence-electron chi connectivity index (χ3n) is 6.32. The first kappa shape index (κ1) is 20.2. The SMILES string of the molecule is CC(C)[Si](Oc1ccc(C(C=O)C2CCCC2)cc1)(C(C)C)C(C)C. The number of benzene rings is 1. The maximum atomic E-state index is 11.6. The Morgan fingerprint density at radius 1 is 0.920 bits per heavy atom. The van der Waals surface area contributed by atoms with Crippen LogP contribution in [0.2, 0.25) is 16.6 Å². The van der Waals surface area contributed by atoms with Crippen LogP contribution in [0.3, 0.4) is 0 Å². The summed E-state index contributed by atoms with van der Waals surface area (Å²) in [7, 11) is -1.92. The molecule has 0 spiro atoms. The van der Waals surface area contributed by atoms with Gasteiger partial charge in [-0.15, -0.1) is 0 Å². The van der Waals surface area contributed by atoms with E-state index in [9.17, 15) is 4.79 Å². The Labute approximate surface area is 155 Å². The fourth-order valence-electron chi connectivity index (χ4n) is 5.09. The van der Waals surface area contributed by atoms with E-state index in [-0.39, 0.29) is 5.92 Å². The first-order valence-corrected chi connectivity index (χ1v) is 12.2. The van der Waals surface area contributed by atoms with Crippen molar-refractivity contribution in [2.45, 2.75) is 89.8 Å². The van der Waals surface area contributed by atoms with Gasteiger partial charge in [0, 0.05) is 5.92 Å². The van der Waals surface area contributed by atoms with Gasteiger partial charge in [-0.2, -0.15) is 0 Å². The fourth-order valence-corrected chi connectivity index (χ4v) is 10.3. The van der Waals surface area contributed by atoms with Crippen LogP contribution in [-0.2, 0) is 4.79 Å². The molecule has 0 amide bonds. The van der Waals surface area contributed by atoms with Crippen molar-refractivity contribution < 1.29 is 9.22 Å². The van der Waals surface area contributed by atoms with Crippen molar-refractivity contribution in [3.63, 3.8) is 0 Å². The van der Waals surface area contributed by atoms with Crippen molar-refractivity contribution in [2.75, 3.05) is 0 Å². The average Bonchev–Trinajstić information content (AvgIpc) is 3.07. The minimum Gasteiger partial charge on any atom is -0.543 e. The number of hydrogen-bond donors (Lipinski definition) is 0. The van der Waals surface area contributed by atoms with Crippen LogP contribution in [0, 0.1) is 5.92 Å². The second kappa shape index (κ2) is 8.53. The van der Waals surface area contributed by atoms with E-state index in [2.05, 4.69) is 65.8 Å². The van der Waals surface area contributed by atoms with Crippen molar-refractivity contribution in [1.82, 2.24) is 0 Å². The van der Waals surface area contributed by atoms with Crippen molar-refractivity contribution in [3.8, 4) is 5.75 Å². The third-order valence-corrected chi connectivity index (χ3v) is 12.3. The number of carbonyl (C=O) groups excluding carboxylic acids is 1. The van der Waals surface area contributed by atoms with E-state index >= 15 is 0 Å². The van der Waals surface area contributed by atoms with E-state index in [1.54, 1.807) is 0 Å². The van der Waals surface area contributed by atoms with Crippen LogP contribution < -0.4 is 4.43 Å². The molecule has 0 aromatic heterocycles. The molecular weight excluding hydrogens is 324 g/mol. The Hall–Kier alpha value is -1.09. The quantitative estimate of drug-likeness (QED) is 0.380. The molecule has 0 saturated heterocycles. The summed E-state index contributed by atoms with van der Waals surface area (Å²) in [5, 5.41) is 0. The smallest absolute Gasteiger partial charge is 0.258 e. The molecule has 3 heteroatoms. The molecule has 1 saturated carbocycles. The second-order valence-corrected chi connectivity index (χ2v) is 14.1. The largest absolute Gasteiger partial charge is 0.543 e. The van der Waals surface area contributed by atoms with Gasteiger partial charge in [0.15, 0.2) is 0 Å². The first-order valence-electron chi connectivity index (χ1n) is 10.1. The van der Waals surface area contributed by atoms with Gasteiger partial charge < -0.3 is 9.22 Å². The topological polar surface area (TPSA) is 26.3 Å². The fraction of sp³-hybridized carbons (Fsp3) is 0.682. The molecule has 1 unspecified atom stereocenters. The lowest BCUT2D eigenvalue weighted by Crippen LogP contribution is -2.50. The lowest BCUT2D eigenvalue weighted by Gasteiger charge is -2.42. The number of carbonyl (C=O) groups is 1. The zero-order valence-corrected chi connectivity index (χ0v) is 17.9. The summed E-state index contributed by atoms with van der Waals surface area (Å²) in [5.41, 5.74) is 2.84. The van der Waals surface area contributed by atoms with Gasteiger partial charge in [0.1, 0.15) is 12.0 Å². The van der Waals surface area contributed by atoms with E-state index in [0.29, 0.717) is 22.5 Å². The Morgan fingerprint density at radius 2 is 1.40 bits per heavy atom. The minimum atomic E-state index is -1.92. The highest BCUT2D eigenvalue weighted by molar-refractivity contribution is 6.78. The number of hydrogen-bond acceptors (Lipinski definition) is 2. The molecule has 0 radical (unpaired) electrons. The van der Waals surface area contributed by atoms with Gasteiger partial charge in [-0.25, -0.2) is 0 Å². The van der Waals surface area contributed by atoms with Crippen LogP contribution in [0.5, 0.6) is 5.75 Å². The molecule has 0 N–H and O–H groups in total. The molecule has 140 valence electrons. The zero-order chi connectivity index (χ0) is 18.6. The van der Waals surface area contributed by atoms with Crippen molar-refractivity contribution in [1.29, 1.82) is 0 Å². The minimum absolute atomic E-state index is 0.0545. The van der Waals surface area contributed by atoms with Crippen LogP contribution >= 0.6 is 0 Å². The molecule has 25 heavy (non-hydrogen) atoms. The van der Waals surface area contributed by atoms with Gasteiger partial charge in [-0.05, 0) is 53.1 Å². The molecule has 1 fully saturated rings. The highest BCUT2D eigenvalue weighted by Gasteiger charge is 2.47. The monoisotopic (exact) mass is 360 g/mol. The average molecular weight is 361 g/mol. The van der Waals surface area contributed by atoms with E-state index in [1.165, 1.54) is 25.7 Å². The molecule has 1 aliphatic carbocycles. The van der Waals surface area contributed by atoms with Crippen molar-refractivity contribution >= 4 is 14.6 Å². The molecule has 1 atom stereocenters. The van der Waals surface area contributed by atoms with Gasteiger partial charge in [0.25, 0.3) is 8.32 Å². The summed E-state index contributed by atoms with van der Waals surface area (Å²) in [4.78, 5) is 11.6. The highest BCUT2D eigenvalue weighted by atomic mass is 28.4. The summed E-state index contributed by atoms with van der Waals surface area (Å²) < 4.78 is 6.73. The van der Waals surface area contributed by atoms with E-state index in [1.807, 2.05) is 0 Å². The summed E-state index contributed by atoms with van der Waals surface area (Å²) in [6, 6.07) is 8.42. The van der Waals surface area contributed by atoms with Crippen molar-refractivity contribution in [2.24, 2.45) is 5.92 Å². The van der Waals surface area contributed by atoms with Crippen LogP contribution in [0.1, 0.15) is 78.7 Å². The van der Waals surface area contributed by atoms with Crippen molar-refractivity contribution in [3.05, 3.63) is 29.8 Å². The van der Waals surface area contributed by atoms with E-state index in [0.717, 1.165) is 17.6 Å². The first-order chi connectivity index (χ1) is 11.8. The zero-order valence-electron chi connectivity index (χ0n) is 16.9. The molecule has 0 heterocycles. The van der Waals surface area contributed by atoms with Crippen LogP contribution in [0.15, 0.2) is 24.3 Å². The summed E-state index contributed by atoms with van der Waals surface area (Å²) in [5.74, 6) is 1.56. The lowest BCUT2D eigenvalue weighted by atomic mass is 9.86. The third kappa shape index (κ3) is 4.19. The maximum absolute atomic E-state index is 11.6. The lowest BCUT2D eigenvalue weighted by molar-refractivity contribution is -0.110. The summed E-state index contributed by atoms with van der Waals surface area (Å²) in [6.45, 7) is 13.9. The summed E-state index contributed by atoms with van der Waals surface area (Å²) >= 11 is 0. The van der Waals surface area contributed by atoms with Crippen LogP contribution in [0.4, 0.5) is 0 Å². The molecule has 1 aliphatic rings. The van der Waals surface area contributed by atoms with Gasteiger partial charge in [-0.3, -0.25) is 0 Å². The number of aldehydes is 1. The number of rotatable bonds is 8. The molecule has 1 aromatic rings. The van der Waals surface area contributed by atoms with Gasteiger partial charge in [0.05, 0.1) is 0 Å². The van der Waals surface area contributed by atoms with Gasteiger partial charge >= 0.3 is 0 Å². The Bertz CT molecular complexity index is 520. The van der Waals surface area contributed by atoms with Crippen LogP contribution in [0.25, 0.3) is 0 Å². The standard InChI is InChI=1S/C22H36O2Si/c1-16(2)25(17(3)4,18(5)6)24-21-13-11-20(12-14-21)22(15-23)19-9-7-8-10-19/h11-19,22H,7-10H2,1-6H3. The summed E-state index contributed by atoms with van der Waals surface area (Å²) in [6.07, 6.45) is 6.06. The molecule has 2 nitrogen and oxygen atoms in total. The van der Waals surface area contributed by atoms with Gasteiger partial charge in [-0.1, -0.05) is 66.5 Å². The van der Waals surface area contributed by atoms with Crippen LogP contribution in [-0.4, -0.2) is 14.6 Å². The molecule has 1 aromatic carbocycles. The van der Waals surface area contributed by atoms with Gasteiger partial charge in [0.2, 0.25) is 0 Å². The normalized spacial score (nSPS) is 17.5. The Morgan fingerprint density at radius 3 is 1.80 bits per heavy atom. The molecular formula is C22H36O2Si. The van der Waals surface area contributed by atoms with E-state index in [4.69, 9.17) is 4.43 Å². The predicted octanol–water partition coefficient (Wildman–Crippen LogP) is 6.71. The predicted molar refractivity (Wildman–Crippen MR) is 109 cm³/mol. The second-order valence-electron chi connectivity index (χ2n) is 8.70.